The molecule has 0 bridgehead atoms. The number of methoxy groups -OCH3 is 1. The fourth-order valence-electron chi connectivity index (χ4n) is 2.65. The molecule has 0 aliphatic heterocycles. The third kappa shape index (κ3) is 1.87. The highest BCUT2D eigenvalue weighted by Crippen LogP contribution is 2.44. The van der Waals surface area contributed by atoms with E-state index in [1.54, 1.807) is 11.8 Å². The van der Waals surface area contributed by atoms with Crippen LogP contribution in [0.4, 0.5) is 5.82 Å². The lowest BCUT2D eigenvalue weighted by Gasteiger charge is -2.24. The second-order valence-corrected chi connectivity index (χ2v) is 5.10. The third-order valence-electron chi connectivity index (χ3n) is 3.99. The Morgan fingerprint density at radius 1 is 1.32 bits per heavy atom. The highest BCUT2D eigenvalue weighted by Gasteiger charge is 2.28. The Kier molecular flexibility index (Phi) is 2.93. The SMILES string of the molecule is COc1ccccc1-c1c(C2CCC2)nn(C)c1N. The Morgan fingerprint density at radius 2 is 2.05 bits per heavy atom. The van der Waals surface area contributed by atoms with Crippen LogP contribution in [0.2, 0.25) is 0 Å². The maximum absolute atomic E-state index is 6.22. The second kappa shape index (κ2) is 4.61. The van der Waals surface area contributed by atoms with Crippen molar-refractivity contribution in [2.24, 2.45) is 7.05 Å². The molecule has 2 N–H and O–H groups in total. The first-order chi connectivity index (χ1) is 9.22. The zero-order valence-electron chi connectivity index (χ0n) is 11.4. The number of nitrogens with two attached hydrogens (primary N) is 1. The molecule has 0 atom stereocenters. The summed E-state index contributed by atoms with van der Waals surface area (Å²) >= 11 is 0. The quantitative estimate of drug-likeness (QED) is 0.919. The van der Waals surface area contributed by atoms with Gasteiger partial charge in [-0.25, -0.2) is 0 Å². The van der Waals surface area contributed by atoms with Gasteiger partial charge in [0.2, 0.25) is 0 Å². The molecule has 1 aromatic carbocycles. The average Bonchev–Trinajstić information content (AvgIpc) is 2.63. The lowest BCUT2D eigenvalue weighted by atomic mass is 9.80. The summed E-state index contributed by atoms with van der Waals surface area (Å²) < 4.78 is 7.23. The second-order valence-electron chi connectivity index (χ2n) is 5.10. The van der Waals surface area contributed by atoms with E-state index in [0.29, 0.717) is 11.7 Å². The first kappa shape index (κ1) is 12.1. The van der Waals surface area contributed by atoms with Crippen molar-refractivity contribution in [2.75, 3.05) is 12.8 Å². The van der Waals surface area contributed by atoms with E-state index in [4.69, 9.17) is 10.5 Å². The van der Waals surface area contributed by atoms with Gasteiger partial charge in [-0.15, -0.1) is 0 Å². The Labute approximate surface area is 113 Å². The van der Waals surface area contributed by atoms with Crippen LogP contribution in [0, 0.1) is 0 Å². The van der Waals surface area contributed by atoms with E-state index in [-0.39, 0.29) is 0 Å². The fourth-order valence-corrected chi connectivity index (χ4v) is 2.65. The van der Waals surface area contributed by atoms with Crippen molar-refractivity contribution in [3.05, 3.63) is 30.0 Å². The van der Waals surface area contributed by atoms with Crippen LogP contribution in [0.5, 0.6) is 5.75 Å². The minimum atomic E-state index is 0.545. The number of nitrogen functional groups attached to an aromatic ring is 1. The lowest BCUT2D eigenvalue weighted by molar-refractivity contribution is 0.407. The molecule has 0 amide bonds. The summed E-state index contributed by atoms with van der Waals surface area (Å²) in [7, 11) is 3.59. The van der Waals surface area contributed by atoms with Gasteiger partial charge in [-0.05, 0) is 18.9 Å². The topological polar surface area (TPSA) is 53.1 Å². The molecule has 1 heterocycles. The predicted molar refractivity (Wildman–Crippen MR) is 76.2 cm³/mol. The summed E-state index contributed by atoms with van der Waals surface area (Å²) in [6, 6.07) is 7.99. The maximum atomic E-state index is 6.22. The van der Waals surface area contributed by atoms with Crippen molar-refractivity contribution < 1.29 is 4.74 Å². The zero-order chi connectivity index (χ0) is 13.4. The normalized spacial score (nSPS) is 15.3. The molecule has 3 rings (SSSR count). The Bertz CT molecular complexity index is 599. The number of para-hydroxylation sites is 1. The molecule has 100 valence electrons. The van der Waals surface area contributed by atoms with E-state index in [2.05, 4.69) is 5.10 Å². The number of rotatable bonds is 3. The van der Waals surface area contributed by atoms with Crippen molar-refractivity contribution in [2.45, 2.75) is 25.2 Å². The van der Waals surface area contributed by atoms with Crippen LogP contribution >= 0.6 is 0 Å². The molecule has 0 radical (unpaired) electrons. The molecular formula is C15H19N3O. The summed E-state index contributed by atoms with van der Waals surface area (Å²) in [5.74, 6) is 2.11. The van der Waals surface area contributed by atoms with Crippen molar-refractivity contribution in [3.8, 4) is 16.9 Å². The first-order valence-corrected chi connectivity index (χ1v) is 6.68. The zero-order valence-corrected chi connectivity index (χ0v) is 11.4. The van der Waals surface area contributed by atoms with Gasteiger partial charge in [-0.1, -0.05) is 24.6 Å². The molecular weight excluding hydrogens is 238 g/mol. The molecule has 4 nitrogen and oxygen atoms in total. The van der Waals surface area contributed by atoms with Crippen LogP contribution in [0.15, 0.2) is 24.3 Å². The lowest BCUT2D eigenvalue weighted by Crippen LogP contribution is -2.10. The Hall–Kier alpha value is -1.97. The van der Waals surface area contributed by atoms with Crippen LogP contribution in [-0.4, -0.2) is 16.9 Å². The van der Waals surface area contributed by atoms with Crippen molar-refractivity contribution in [1.29, 1.82) is 0 Å². The standard InChI is InChI=1S/C15H19N3O/c1-18-15(16)13(14(17-18)10-6-5-7-10)11-8-3-4-9-12(11)19-2/h3-4,8-10H,5-7,16H2,1-2H3. The molecule has 1 saturated carbocycles. The Balaban J connectivity index is 2.17. The third-order valence-corrected chi connectivity index (χ3v) is 3.99. The maximum Gasteiger partial charge on any atom is 0.129 e. The highest BCUT2D eigenvalue weighted by atomic mass is 16.5. The van der Waals surface area contributed by atoms with Crippen LogP contribution in [0.3, 0.4) is 0 Å². The van der Waals surface area contributed by atoms with Gasteiger partial charge in [0.15, 0.2) is 0 Å². The molecule has 1 fully saturated rings. The molecule has 0 spiro atoms. The molecule has 4 heteroatoms. The highest BCUT2D eigenvalue weighted by molar-refractivity contribution is 5.81. The van der Waals surface area contributed by atoms with E-state index in [0.717, 1.165) is 22.6 Å². The van der Waals surface area contributed by atoms with E-state index in [1.165, 1.54) is 19.3 Å². The molecule has 2 aromatic rings. The number of anilines is 1. The number of ether oxygens (including phenoxy) is 1. The van der Waals surface area contributed by atoms with Crippen molar-refractivity contribution in [1.82, 2.24) is 9.78 Å². The summed E-state index contributed by atoms with van der Waals surface area (Å²) in [6.45, 7) is 0. The van der Waals surface area contributed by atoms with E-state index in [1.807, 2.05) is 31.3 Å². The average molecular weight is 257 g/mol. The summed E-state index contributed by atoms with van der Waals surface area (Å²) in [5, 5.41) is 4.62. The van der Waals surface area contributed by atoms with Crippen LogP contribution in [0.25, 0.3) is 11.1 Å². The minimum absolute atomic E-state index is 0.545. The number of hydrogen-bond donors (Lipinski definition) is 1. The van der Waals surface area contributed by atoms with Gasteiger partial charge in [-0.3, -0.25) is 4.68 Å². The molecule has 0 unspecified atom stereocenters. The smallest absolute Gasteiger partial charge is 0.129 e. The van der Waals surface area contributed by atoms with Crippen molar-refractivity contribution >= 4 is 5.82 Å². The molecule has 19 heavy (non-hydrogen) atoms. The van der Waals surface area contributed by atoms with Gasteiger partial charge in [-0.2, -0.15) is 5.10 Å². The monoisotopic (exact) mass is 257 g/mol. The van der Waals surface area contributed by atoms with Gasteiger partial charge < -0.3 is 10.5 Å². The largest absolute Gasteiger partial charge is 0.496 e. The number of nitrogens with zero attached hydrogens (tertiary/aromatic N) is 2. The summed E-state index contributed by atoms with van der Waals surface area (Å²) in [6.07, 6.45) is 3.70. The van der Waals surface area contributed by atoms with E-state index in [9.17, 15) is 0 Å². The van der Waals surface area contributed by atoms with E-state index < -0.39 is 0 Å². The molecule has 1 aliphatic rings. The van der Waals surface area contributed by atoms with Crippen LogP contribution < -0.4 is 10.5 Å². The van der Waals surface area contributed by atoms with Gasteiger partial charge in [0.05, 0.1) is 18.4 Å². The van der Waals surface area contributed by atoms with Gasteiger partial charge >= 0.3 is 0 Å². The van der Waals surface area contributed by atoms with Gasteiger partial charge in [0.1, 0.15) is 11.6 Å². The first-order valence-electron chi connectivity index (χ1n) is 6.68. The predicted octanol–water partition coefficient (Wildman–Crippen LogP) is 2.95. The van der Waals surface area contributed by atoms with Crippen LogP contribution in [0.1, 0.15) is 30.9 Å². The molecule has 1 aliphatic carbocycles. The summed E-state index contributed by atoms with van der Waals surface area (Å²) in [5.41, 5.74) is 9.43. The number of aromatic nitrogens is 2. The number of aryl methyl sites for hydroxylation is 1. The van der Waals surface area contributed by atoms with E-state index >= 15 is 0 Å². The fraction of sp³-hybridized carbons (Fsp3) is 0.400. The minimum Gasteiger partial charge on any atom is -0.496 e. The number of hydrogen-bond acceptors (Lipinski definition) is 3. The Morgan fingerprint density at radius 3 is 2.68 bits per heavy atom. The number of benzene rings is 1. The summed E-state index contributed by atoms with van der Waals surface area (Å²) in [4.78, 5) is 0. The van der Waals surface area contributed by atoms with Crippen LogP contribution in [-0.2, 0) is 7.05 Å². The molecule has 1 aromatic heterocycles. The van der Waals surface area contributed by atoms with Gasteiger partial charge in [0.25, 0.3) is 0 Å². The van der Waals surface area contributed by atoms with Gasteiger partial charge in [0, 0.05) is 18.5 Å². The van der Waals surface area contributed by atoms with Crippen molar-refractivity contribution in [3.63, 3.8) is 0 Å². The molecule has 0 saturated heterocycles.